The van der Waals surface area contributed by atoms with Crippen molar-refractivity contribution in [2.75, 3.05) is 18.0 Å². The monoisotopic (exact) mass is 322 g/mol. The molecular formula is C21H26N2O. The fourth-order valence-electron chi connectivity index (χ4n) is 3.22. The molecule has 1 saturated heterocycles. The van der Waals surface area contributed by atoms with Crippen LogP contribution < -0.4 is 4.90 Å². The molecule has 0 radical (unpaired) electrons. The van der Waals surface area contributed by atoms with Crippen LogP contribution in [0.15, 0.2) is 54.6 Å². The van der Waals surface area contributed by atoms with Crippen molar-refractivity contribution >= 4 is 11.6 Å². The second-order valence-corrected chi connectivity index (χ2v) is 6.75. The molecule has 0 bridgehead atoms. The minimum absolute atomic E-state index is 0.0989. The molecule has 3 nitrogen and oxygen atoms in total. The zero-order valence-electron chi connectivity index (χ0n) is 14.6. The Kier molecular flexibility index (Phi) is 5.19. The van der Waals surface area contributed by atoms with Gasteiger partial charge in [0, 0.05) is 36.9 Å². The van der Waals surface area contributed by atoms with Crippen LogP contribution in [0.4, 0.5) is 5.69 Å². The predicted octanol–water partition coefficient (Wildman–Crippen LogP) is 4.34. The number of benzene rings is 2. The quantitative estimate of drug-likeness (QED) is 0.817. The number of anilines is 1. The van der Waals surface area contributed by atoms with Gasteiger partial charge in [-0.2, -0.15) is 0 Å². The van der Waals surface area contributed by atoms with Crippen molar-refractivity contribution in [3.63, 3.8) is 0 Å². The van der Waals surface area contributed by atoms with Crippen LogP contribution in [0.2, 0.25) is 0 Å². The van der Waals surface area contributed by atoms with Gasteiger partial charge in [0.2, 0.25) is 0 Å². The van der Waals surface area contributed by atoms with Crippen molar-refractivity contribution < 1.29 is 4.79 Å². The lowest BCUT2D eigenvalue weighted by Crippen LogP contribution is -2.36. The highest BCUT2D eigenvalue weighted by Gasteiger charge is 2.20. The standard InChI is InChI=1S/C21H26N2O/c1-17(2)23(16-18-8-4-3-5-9-18)21(24)19-10-12-20(13-11-19)22-14-6-7-15-22/h3-5,8-13,17H,6-7,14-16H2,1-2H3. The molecule has 0 unspecified atom stereocenters. The minimum atomic E-state index is 0.0989. The third-order valence-electron chi connectivity index (χ3n) is 4.67. The molecule has 24 heavy (non-hydrogen) atoms. The molecule has 0 spiro atoms. The third kappa shape index (κ3) is 3.78. The second-order valence-electron chi connectivity index (χ2n) is 6.75. The molecule has 126 valence electrons. The molecule has 2 aromatic carbocycles. The number of rotatable bonds is 5. The van der Waals surface area contributed by atoms with Crippen LogP contribution in [0.1, 0.15) is 42.6 Å². The SMILES string of the molecule is CC(C)N(Cc1ccccc1)C(=O)c1ccc(N2CCCC2)cc1. The van der Waals surface area contributed by atoms with E-state index in [-0.39, 0.29) is 11.9 Å². The summed E-state index contributed by atoms with van der Waals surface area (Å²) in [4.78, 5) is 17.3. The summed E-state index contributed by atoms with van der Waals surface area (Å²) in [6.45, 7) is 7.03. The van der Waals surface area contributed by atoms with E-state index in [0.29, 0.717) is 6.54 Å². The van der Waals surface area contributed by atoms with Gasteiger partial charge in [-0.1, -0.05) is 30.3 Å². The maximum Gasteiger partial charge on any atom is 0.254 e. The Morgan fingerprint density at radius 3 is 2.21 bits per heavy atom. The molecule has 1 amide bonds. The molecule has 0 atom stereocenters. The Labute approximate surface area is 144 Å². The Morgan fingerprint density at radius 2 is 1.62 bits per heavy atom. The van der Waals surface area contributed by atoms with Crippen LogP contribution in [-0.2, 0) is 6.54 Å². The van der Waals surface area contributed by atoms with Crippen LogP contribution in [0.3, 0.4) is 0 Å². The topological polar surface area (TPSA) is 23.6 Å². The van der Waals surface area contributed by atoms with Gasteiger partial charge in [0.1, 0.15) is 0 Å². The van der Waals surface area contributed by atoms with Gasteiger partial charge in [0.05, 0.1) is 0 Å². The first kappa shape index (κ1) is 16.6. The summed E-state index contributed by atoms with van der Waals surface area (Å²) in [5.41, 5.74) is 3.15. The van der Waals surface area contributed by atoms with Crippen LogP contribution in [-0.4, -0.2) is 29.9 Å². The predicted molar refractivity (Wildman–Crippen MR) is 99.3 cm³/mol. The van der Waals surface area contributed by atoms with Gasteiger partial charge >= 0.3 is 0 Å². The second kappa shape index (κ2) is 7.52. The van der Waals surface area contributed by atoms with Crippen molar-refractivity contribution in [3.8, 4) is 0 Å². The Hall–Kier alpha value is -2.29. The van der Waals surface area contributed by atoms with E-state index in [2.05, 4.69) is 43.0 Å². The summed E-state index contributed by atoms with van der Waals surface area (Å²) in [7, 11) is 0. The molecule has 1 aliphatic heterocycles. The van der Waals surface area contributed by atoms with Crippen LogP contribution >= 0.6 is 0 Å². The van der Waals surface area contributed by atoms with Gasteiger partial charge in [-0.3, -0.25) is 4.79 Å². The van der Waals surface area contributed by atoms with E-state index in [1.165, 1.54) is 18.5 Å². The molecule has 2 aromatic rings. The Morgan fingerprint density at radius 1 is 1.00 bits per heavy atom. The number of carbonyl (C=O) groups is 1. The Balaban J connectivity index is 1.74. The van der Waals surface area contributed by atoms with Crippen LogP contribution in [0.5, 0.6) is 0 Å². The number of amides is 1. The Bertz CT molecular complexity index is 658. The summed E-state index contributed by atoms with van der Waals surface area (Å²) in [6, 6.07) is 18.4. The number of hydrogen-bond donors (Lipinski definition) is 0. The first-order chi connectivity index (χ1) is 11.6. The lowest BCUT2D eigenvalue weighted by Gasteiger charge is -2.27. The third-order valence-corrected chi connectivity index (χ3v) is 4.67. The van der Waals surface area contributed by atoms with E-state index < -0.39 is 0 Å². The number of carbonyl (C=O) groups excluding carboxylic acids is 1. The summed E-state index contributed by atoms with van der Waals surface area (Å²) >= 11 is 0. The van der Waals surface area contributed by atoms with Gasteiger partial charge in [-0.15, -0.1) is 0 Å². The first-order valence-corrected chi connectivity index (χ1v) is 8.85. The van der Waals surface area contributed by atoms with Gasteiger partial charge < -0.3 is 9.80 Å². The van der Waals surface area contributed by atoms with Crippen LogP contribution in [0.25, 0.3) is 0 Å². The molecule has 0 N–H and O–H groups in total. The van der Waals surface area contributed by atoms with Crippen molar-refractivity contribution in [1.29, 1.82) is 0 Å². The fraction of sp³-hybridized carbons (Fsp3) is 0.381. The average Bonchev–Trinajstić information content (AvgIpc) is 3.14. The lowest BCUT2D eigenvalue weighted by atomic mass is 10.1. The molecule has 1 fully saturated rings. The zero-order valence-corrected chi connectivity index (χ0v) is 14.6. The van der Waals surface area contributed by atoms with Gasteiger partial charge in [-0.05, 0) is 56.5 Å². The maximum absolute atomic E-state index is 12.9. The van der Waals surface area contributed by atoms with Crippen LogP contribution in [0, 0.1) is 0 Å². The van der Waals surface area contributed by atoms with E-state index in [4.69, 9.17) is 0 Å². The van der Waals surface area contributed by atoms with E-state index in [1.807, 2.05) is 35.2 Å². The molecule has 1 heterocycles. The van der Waals surface area contributed by atoms with E-state index >= 15 is 0 Å². The summed E-state index contributed by atoms with van der Waals surface area (Å²) in [5.74, 6) is 0.0989. The van der Waals surface area contributed by atoms with Crippen molar-refractivity contribution in [1.82, 2.24) is 4.90 Å². The average molecular weight is 322 g/mol. The summed E-state index contributed by atoms with van der Waals surface area (Å²) in [6.07, 6.45) is 2.53. The van der Waals surface area contributed by atoms with E-state index in [1.54, 1.807) is 0 Å². The maximum atomic E-state index is 12.9. The summed E-state index contributed by atoms with van der Waals surface area (Å²) in [5, 5.41) is 0. The lowest BCUT2D eigenvalue weighted by molar-refractivity contribution is 0.0690. The minimum Gasteiger partial charge on any atom is -0.372 e. The molecule has 0 saturated carbocycles. The number of hydrogen-bond acceptors (Lipinski definition) is 2. The smallest absolute Gasteiger partial charge is 0.254 e. The van der Waals surface area contributed by atoms with Crippen molar-refractivity contribution in [2.45, 2.75) is 39.3 Å². The molecule has 3 heteroatoms. The zero-order chi connectivity index (χ0) is 16.9. The molecule has 0 aromatic heterocycles. The van der Waals surface area contributed by atoms with Gasteiger partial charge in [0.15, 0.2) is 0 Å². The van der Waals surface area contributed by atoms with Crippen molar-refractivity contribution in [2.24, 2.45) is 0 Å². The van der Waals surface area contributed by atoms with E-state index in [0.717, 1.165) is 24.2 Å². The molecule has 1 aliphatic rings. The number of nitrogens with zero attached hydrogens (tertiary/aromatic N) is 2. The summed E-state index contributed by atoms with van der Waals surface area (Å²) < 4.78 is 0. The molecule has 3 rings (SSSR count). The largest absolute Gasteiger partial charge is 0.372 e. The molecular weight excluding hydrogens is 296 g/mol. The van der Waals surface area contributed by atoms with Gasteiger partial charge in [-0.25, -0.2) is 0 Å². The van der Waals surface area contributed by atoms with Crippen molar-refractivity contribution in [3.05, 3.63) is 65.7 Å². The highest BCUT2D eigenvalue weighted by atomic mass is 16.2. The fourth-order valence-corrected chi connectivity index (χ4v) is 3.22. The van der Waals surface area contributed by atoms with E-state index in [9.17, 15) is 4.79 Å². The van der Waals surface area contributed by atoms with Gasteiger partial charge in [0.25, 0.3) is 5.91 Å². The molecule has 0 aliphatic carbocycles. The normalized spacial score (nSPS) is 14.2. The highest BCUT2D eigenvalue weighted by molar-refractivity contribution is 5.94. The highest BCUT2D eigenvalue weighted by Crippen LogP contribution is 2.21. The first-order valence-electron chi connectivity index (χ1n) is 8.85.